The van der Waals surface area contributed by atoms with Gasteiger partial charge in [-0.1, -0.05) is 28.1 Å². The zero-order valence-corrected chi connectivity index (χ0v) is 17.0. The highest BCUT2D eigenvalue weighted by Gasteiger charge is 2.23. The van der Waals surface area contributed by atoms with Crippen molar-refractivity contribution in [2.75, 3.05) is 13.1 Å². The maximum absolute atomic E-state index is 10.9. The summed E-state index contributed by atoms with van der Waals surface area (Å²) in [5, 5.41) is 29.2. The molecule has 0 spiro atoms. The minimum Gasteiger partial charge on any atom is -0.489 e. The molecule has 1 atom stereocenters. The van der Waals surface area contributed by atoms with E-state index >= 15 is 0 Å². The maximum atomic E-state index is 10.9. The molecular weight excluding hydrogens is 426 g/mol. The first-order valence-electron chi connectivity index (χ1n) is 9.26. The molecule has 2 aromatic carbocycles. The topological polar surface area (TPSA) is 90.2 Å². The van der Waals surface area contributed by atoms with Crippen molar-refractivity contribution in [2.24, 2.45) is 0 Å². The van der Waals surface area contributed by atoms with Gasteiger partial charge in [0.2, 0.25) is 0 Å². The Morgan fingerprint density at radius 1 is 1.18 bits per heavy atom. The van der Waals surface area contributed by atoms with Crippen LogP contribution in [0.2, 0.25) is 0 Å². The molecule has 0 saturated carbocycles. The second-order valence-corrected chi connectivity index (χ2v) is 7.91. The normalized spacial score (nSPS) is 16.7. The molecule has 7 heteroatoms. The van der Waals surface area contributed by atoms with Crippen molar-refractivity contribution < 1.29 is 24.9 Å². The number of aromatic carboxylic acids is 1. The van der Waals surface area contributed by atoms with Crippen LogP contribution in [-0.4, -0.2) is 51.6 Å². The molecule has 0 radical (unpaired) electrons. The predicted molar refractivity (Wildman–Crippen MR) is 108 cm³/mol. The number of nitrogens with zero attached hydrogens (tertiary/aromatic N) is 1. The minimum atomic E-state index is -0.957. The molecule has 28 heavy (non-hydrogen) atoms. The zero-order valence-electron chi connectivity index (χ0n) is 15.4. The van der Waals surface area contributed by atoms with E-state index in [-0.39, 0.29) is 11.7 Å². The van der Waals surface area contributed by atoms with Crippen LogP contribution < -0.4 is 4.74 Å². The SMILES string of the molecule is O=C(O)c1ccc(COc2ccc(Br)cc2CC(O)N2CCC(O)CC2)cc1. The lowest BCUT2D eigenvalue weighted by Crippen LogP contribution is -2.43. The Balaban J connectivity index is 1.65. The molecule has 1 unspecified atom stereocenters. The molecule has 1 aliphatic rings. The molecule has 0 aromatic heterocycles. The van der Waals surface area contributed by atoms with Gasteiger partial charge in [-0.15, -0.1) is 0 Å². The van der Waals surface area contributed by atoms with Gasteiger partial charge in [0.1, 0.15) is 18.6 Å². The molecule has 0 aliphatic carbocycles. The molecule has 1 heterocycles. The molecule has 1 saturated heterocycles. The van der Waals surface area contributed by atoms with E-state index < -0.39 is 12.2 Å². The van der Waals surface area contributed by atoms with E-state index in [1.807, 2.05) is 23.1 Å². The number of carboxylic acids is 1. The van der Waals surface area contributed by atoms with Crippen LogP contribution in [0, 0.1) is 0 Å². The van der Waals surface area contributed by atoms with Gasteiger partial charge in [-0.3, -0.25) is 4.90 Å². The fourth-order valence-corrected chi connectivity index (χ4v) is 3.67. The van der Waals surface area contributed by atoms with Crippen LogP contribution in [0.25, 0.3) is 0 Å². The molecule has 1 aliphatic heterocycles. The van der Waals surface area contributed by atoms with Gasteiger partial charge in [-0.25, -0.2) is 4.79 Å². The number of halogens is 1. The second-order valence-electron chi connectivity index (χ2n) is 6.99. The number of aliphatic hydroxyl groups excluding tert-OH is 2. The van der Waals surface area contributed by atoms with Gasteiger partial charge in [0.25, 0.3) is 0 Å². The Hall–Kier alpha value is -1.93. The number of hydrogen-bond donors (Lipinski definition) is 3. The monoisotopic (exact) mass is 449 g/mol. The first-order chi connectivity index (χ1) is 13.4. The molecule has 0 bridgehead atoms. The Bertz CT molecular complexity index is 803. The molecule has 150 valence electrons. The third-order valence-electron chi connectivity index (χ3n) is 4.94. The molecular formula is C21H24BrNO5. The number of benzene rings is 2. The van der Waals surface area contributed by atoms with E-state index in [2.05, 4.69) is 15.9 Å². The highest BCUT2D eigenvalue weighted by molar-refractivity contribution is 9.10. The summed E-state index contributed by atoms with van der Waals surface area (Å²) in [5.74, 6) is -0.275. The molecule has 6 nitrogen and oxygen atoms in total. The molecule has 3 rings (SSSR count). The van der Waals surface area contributed by atoms with E-state index in [4.69, 9.17) is 9.84 Å². The lowest BCUT2D eigenvalue weighted by Gasteiger charge is -2.33. The lowest BCUT2D eigenvalue weighted by atomic mass is 10.0. The van der Waals surface area contributed by atoms with Crippen molar-refractivity contribution in [3.8, 4) is 5.75 Å². The van der Waals surface area contributed by atoms with Gasteiger partial charge in [0.05, 0.1) is 11.7 Å². The number of likely N-dealkylation sites (tertiary alicyclic amines) is 1. The minimum absolute atomic E-state index is 0.239. The zero-order chi connectivity index (χ0) is 20.1. The summed E-state index contributed by atoms with van der Waals surface area (Å²) >= 11 is 3.47. The highest BCUT2D eigenvalue weighted by atomic mass is 79.9. The van der Waals surface area contributed by atoms with Crippen LogP contribution in [0.4, 0.5) is 0 Å². The number of carboxylic acid groups (broad SMARTS) is 1. The van der Waals surface area contributed by atoms with Crippen LogP contribution in [0.5, 0.6) is 5.75 Å². The van der Waals surface area contributed by atoms with Gasteiger partial charge in [-0.05, 0) is 54.3 Å². The standard InChI is InChI=1S/C21H24BrNO5/c22-17-5-6-19(28-13-14-1-3-15(4-2-14)21(26)27)16(11-17)12-20(25)23-9-7-18(24)8-10-23/h1-6,11,18,20,24-25H,7-10,12-13H2,(H,26,27). The summed E-state index contributed by atoms with van der Waals surface area (Å²) < 4.78 is 6.85. The van der Waals surface area contributed by atoms with Crippen LogP contribution >= 0.6 is 15.9 Å². The van der Waals surface area contributed by atoms with Crippen LogP contribution in [0.15, 0.2) is 46.9 Å². The Kier molecular flexibility index (Phi) is 7.07. The van der Waals surface area contributed by atoms with Gasteiger partial charge in [0.15, 0.2) is 0 Å². The highest BCUT2D eigenvalue weighted by Crippen LogP contribution is 2.27. The summed E-state index contributed by atoms with van der Waals surface area (Å²) in [6, 6.07) is 12.3. The van der Waals surface area contributed by atoms with Gasteiger partial charge < -0.3 is 20.1 Å². The van der Waals surface area contributed by atoms with Crippen LogP contribution in [0.1, 0.15) is 34.3 Å². The first kappa shape index (κ1) is 20.8. The molecule has 2 aromatic rings. The summed E-state index contributed by atoms with van der Waals surface area (Å²) in [5.41, 5.74) is 1.99. The average molecular weight is 450 g/mol. The summed E-state index contributed by atoms with van der Waals surface area (Å²) in [6.45, 7) is 1.64. The Morgan fingerprint density at radius 3 is 2.50 bits per heavy atom. The third kappa shape index (κ3) is 5.54. The molecule has 0 amide bonds. The Morgan fingerprint density at radius 2 is 1.86 bits per heavy atom. The molecule has 1 fully saturated rings. The Labute approximate surface area is 172 Å². The number of aliphatic hydroxyl groups is 2. The van der Waals surface area contributed by atoms with E-state index in [9.17, 15) is 15.0 Å². The third-order valence-corrected chi connectivity index (χ3v) is 5.43. The van der Waals surface area contributed by atoms with Gasteiger partial charge >= 0.3 is 5.97 Å². The molecule has 3 N–H and O–H groups in total. The summed E-state index contributed by atoms with van der Waals surface area (Å²) in [4.78, 5) is 12.9. The fourth-order valence-electron chi connectivity index (χ4n) is 3.26. The maximum Gasteiger partial charge on any atom is 0.335 e. The fraction of sp³-hybridized carbons (Fsp3) is 0.381. The van der Waals surface area contributed by atoms with Crippen LogP contribution in [0.3, 0.4) is 0 Å². The van der Waals surface area contributed by atoms with E-state index in [0.29, 0.717) is 44.7 Å². The summed E-state index contributed by atoms with van der Waals surface area (Å²) in [6.07, 6.45) is 0.846. The number of hydrogen-bond acceptors (Lipinski definition) is 5. The number of ether oxygens (including phenoxy) is 1. The van der Waals surface area contributed by atoms with E-state index in [1.165, 1.54) is 0 Å². The smallest absolute Gasteiger partial charge is 0.335 e. The van der Waals surface area contributed by atoms with E-state index in [1.54, 1.807) is 24.3 Å². The average Bonchev–Trinajstić information content (AvgIpc) is 2.68. The predicted octanol–water partition coefficient (Wildman–Crippen LogP) is 3.04. The van der Waals surface area contributed by atoms with Crippen molar-refractivity contribution in [3.63, 3.8) is 0 Å². The number of carbonyl (C=O) groups is 1. The second kappa shape index (κ2) is 9.52. The number of piperidine rings is 1. The largest absolute Gasteiger partial charge is 0.489 e. The summed E-state index contributed by atoms with van der Waals surface area (Å²) in [7, 11) is 0. The van der Waals surface area contributed by atoms with Gasteiger partial charge in [-0.2, -0.15) is 0 Å². The van der Waals surface area contributed by atoms with Crippen LogP contribution in [-0.2, 0) is 13.0 Å². The van der Waals surface area contributed by atoms with Gasteiger partial charge in [0, 0.05) is 24.0 Å². The van der Waals surface area contributed by atoms with Crippen molar-refractivity contribution in [2.45, 2.75) is 38.2 Å². The van der Waals surface area contributed by atoms with Crippen molar-refractivity contribution in [1.82, 2.24) is 4.90 Å². The van der Waals surface area contributed by atoms with Crippen molar-refractivity contribution in [1.29, 1.82) is 0 Å². The van der Waals surface area contributed by atoms with E-state index in [0.717, 1.165) is 15.6 Å². The quantitative estimate of drug-likeness (QED) is 0.601. The number of rotatable bonds is 7. The first-order valence-corrected chi connectivity index (χ1v) is 10.1. The lowest BCUT2D eigenvalue weighted by molar-refractivity contribution is -0.0319. The van der Waals surface area contributed by atoms with Crippen molar-refractivity contribution >= 4 is 21.9 Å². The van der Waals surface area contributed by atoms with Crippen molar-refractivity contribution in [3.05, 3.63) is 63.6 Å².